The fraction of sp³-hybridized carbons (Fsp3) is 0.738. The number of aliphatic hydroxyl groups excluding tert-OH is 1. The highest BCUT2D eigenvalue weighted by molar-refractivity contribution is 7.47. The van der Waals surface area contributed by atoms with Crippen LogP contribution >= 0.6 is 7.82 Å². The quantitative estimate of drug-likeness (QED) is 0.0197. The first-order valence-electron chi connectivity index (χ1n) is 20.3. The van der Waals surface area contributed by atoms with Crippen LogP contribution in [0.4, 0.5) is 0 Å². The van der Waals surface area contributed by atoms with E-state index in [-0.39, 0.29) is 37.7 Å². The number of quaternary nitrogens is 1. The molecular formula is C42H76N2O7P+. The summed E-state index contributed by atoms with van der Waals surface area (Å²) in [6.45, 7) is 4.65. The number of hydrogen-bond acceptors (Lipinski definition) is 6. The molecule has 1 aliphatic rings. The summed E-state index contributed by atoms with van der Waals surface area (Å²) in [5, 5.41) is 13.7. The van der Waals surface area contributed by atoms with Crippen LogP contribution in [0.25, 0.3) is 0 Å². The molecule has 0 aromatic rings. The van der Waals surface area contributed by atoms with E-state index in [1.165, 1.54) is 64.2 Å². The predicted octanol–water partition coefficient (Wildman–Crippen LogP) is 9.67. The van der Waals surface area contributed by atoms with Gasteiger partial charge in [-0.2, -0.15) is 0 Å². The summed E-state index contributed by atoms with van der Waals surface area (Å²) in [7, 11) is 1.49. The highest BCUT2D eigenvalue weighted by atomic mass is 31.2. The van der Waals surface area contributed by atoms with Crippen molar-refractivity contribution in [3.8, 4) is 0 Å². The molecule has 5 atom stereocenters. The Kier molecular flexibility index (Phi) is 28.2. The maximum atomic E-state index is 12.9. The van der Waals surface area contributed by atoms with Gasteiger partial charge in [0, 0.05) is 6.42 Å². The van der Waals surface area contributed by atoms with Crippen molar-refractivity contribution in [3.63, 3.8) is 0 Å². The third kappa shape index (κ3) is 29.6. The molecule has 1 amide bonds. The number of carbonyl (C=O) groups is 1. The number of nitrogens with one attached hydrogen (secondary N) is 1. The Morgan fingerprint density at radius 2 is 1.35 bits per heavy atom. The van der Waals surface area contributed by atoms with Gasteiger partial charge < -0.3 is 24.5 Å². The van der Waals surface area contributed by atoms with Gasteiger partial charge in [0.25, 0.3) is 0 Å². The summed E-state index contributed by atoms with van der Waals surface area (Å²) in [6, 6.07) is -0.902. The number of ether oxygens (including phenoxy) is 1. The lowest BCUT2D eigenvalue weighted by Gasteiger charge is -2.25. The summed E-state index contributed by atoms with van der Waals surface area (Å²) < 4.78 is 29.3. The van der Waals surface area contributed by atoms with Crippen LogP contribution in [0.5, 0.6) is 0 Å². The van der Waals surface area contributed by atoms with Gasteiger partial charge in [-0.3, -0.25) is 13.8 Å². The van der Waals surface area contributed by atoms with Crippen molar-refractivity contribution in [2.75, 3.05) is 40.9 Å². The lowest BCUT2D eigenvalue weighted by atomic mass is 10.1. The molecule has 1 saturated heterocycles. The normalized spacial score (nSPS) is 19.1. The molecule has 1 rings (SSSR count). The van der Waals surface area contributed by atoms with Gasteiger partial charge in [0.1, 0.15) is 13.2 Å². The van der Waals surface area contributed by atoms with Gasteiger partial charge in [0.2, 0.25) is 5.91 Å². The fourth-order valence-corrected chi connectivity index (χ4v) is 6.23. The first kappa shape index (κ1) is 48.2. The fourth-order valence-electron chi connectivity index (χ4n) is 5.49. The summed E-state index contributed by atoms with van der Waals surface area (Å²) in [6.07, 6.45) is 40.2. The number of unbranched alkanes of at least 4 members (excludes halogenated alkanes) is 10. The van der Waals surface area contributed by atoms with Gasteiger partial charge in [-0.1, -0.05) is 120 Å². The van der Waals surface area contributed by atoms with Crippen LogP contribution in [0.1, 0.15) is 136 Å². The van der Waals surface area contributed by atoms with E-state index >= 15 is 0 Å². The number of phosphoric acid groups is 1. The van der Waals surface area contributed by atoms with E-state index in [9.17, 15) is 19.4 Å². The summed E-state index contributed by atoms with van der Waals surface area (Å²) >= 11 is 0. The molecule has 0 spiro atoms. The number of hydrogen-bond donors (Lipinski definition) is 3. The molecule has 0 radical (unpaired) electrons. The largest absolute Gasteiger partial charge is 0.472 e. The van der Waals surface area contributed by atoms with E-state index in [2.05, 4.69) is 67.8 Å². The Bertz CT molecular complexity index is 1100. The topological polar surface area (TPSA) is 118 Å². The average molecular weight is 752 g/mol. The molecular weight excluding hydrogens is 675 g/mol. The van der Waals surface area contributed by atoms with Crippen LogP contribution < -0.4 is 5.32 Å². The Hall–Kier alpha value is -1.84. The van der Waals surface area contributed by atoms with Crippen LogP contribution in [-0.4, -0.2) is 85.6 Å². The maximum absolute atomic E-state index is 12.9. The van der Waals surface area contributed by atoms with E-state index in [0.29, 0.717) is 17.4 Å². The number of aliphatic hydroxyl groups is 1. The molecule has 0 aromatic heterocycles. The summed E-state index contributed by atoms with van der Waals surface area (Å²) in [4.78, 5) is 23.1. The van der Waals surface area contributed by atoms with Crippen LogP contribution in [0, 0.1) is 0 Å². The Morgan fingerprint density at radius 3 is 2.06 bits per heavy atom. The Balaban J connectivity index is 2.45. The average Bonchev–Trinajstić information content (AvgIpc) is 3.84. The minimum atomic E-state index is -4.37. The second kappa shape index (κ2) is 30.5. The van der Waals surface area contributed by atoms with E-state index in [1.807, 2.05) is 27.2 Å². The minimum absolute atomic E-state index is 0.0390. The zero-order valence-corrected chi connectivity index (χ0v) is 34.4. The van der Waals surface area contributed by atoms with E-state index < -0.39 is 20.0 Å². The molecule has 52 heavy (non-hydrogen) atoms. The highest BCUT2D eigenvalue weighted by Gasteiger charge is 2.36. The second-order valence-corrected chi connectivity index (χ2v) is 16.5. The van der Waals surface area contributed by atoms with E-state index in [4.69, 9.17) is 13.8 Å². The number of nitrogens with zero attached hydrogens (tertiary/aromatic N) is 1. The maximum Gasteiger partial charge on any atom is 0.472 e. The van der Waals surface area contributed by atoms with Gasteiger partial charge in [-0.05, 0) is 70.6 Å². The van der Waals surface area contributed by atoms with Gasteiger partial charge in [-0.25, -0.2) is 4.57 Å². The molecule has 3 unspecified atom stereocenters. The zero-order chi connectivity index (χ0) is 38.3. The predicted molar refractivity (Wildman–Crippen MR) is 216 cm³/mol. The van der Waals surface area contributed by atoms with Crippen LogP contribution in [-0.2, 0) is 23.1 Å². The van der Waals surface area contributed by atoms with Crippen LogP contribution in [0.3, 0.4) is 0 Å². The number of carbonyl (C=O) groups excluding carboxylic acids is 1. The third-order valence-corrected chi connectivity index (χ3v) is 9.87. The molecule has 9 nitrogen and oxygen atoms in total. The number of phosphoric ester groups is 1. The minimum Gasteiger partial charge on any atom is -0.387 e. The zero-order valence-electron chi connectivity index (χ0n) is 33.5. The molecule has 0 aromatic carbocycles. The van der Waals surface area contributed by atoms with Gasteiger partial charge in [0.05, 0.1) is 52.1 Å². The molecule has 1 aliphatic heterocycles. The van der Waals surface area contributed by atoms with E-state index in [1.54, 1.807) is 6.08 Å². The van der Waals surface area contributed by atoms with E-state index in [0.717, 1.165) is 44.9 Å². The van der Waals surface area contributed by atoms with Crippen molar-refractivity contribution in [3.05, 3.63) is 60.8 Å². The number of allylic oxidation sites excluding steroid dienone is 8. The molecule has 3 N–H and O–H groups in total. The molecule has 1 fully saturated rings. The van der Waals surface area contributed by atoms with Crippen LogP contribution in [0.2, 0.25) is 0 Å². The summed E-state index contributed by atoms with van der Waals surface area (Å²) in [5.41, 5.74) is 0. The Morgan fingerprint density at radius 1 is 0.769 bits per heavy atom. The lowest BCUT2D eigenvalue weighted by molar-refractivity contribution is -0.870. The van der Waals surface area contributed by atoms with Gasteiger partial charge in [0.15, 0.2) is 0 Å². The first-order chi connectivity index (χ1) is 25.0. The number of likely N-dealkylation sites (N-methyl/N-ethyl adjacent to an activating group) is 1. The third-order valence-electron chi connectivity index (χ3n) is 8.88. The first-order valence-corrected chi connectivity index (χ1v) is 21.8. The molecule has 300 valence electrons. The van der Waals surface area contributed by atoms with Crippen molar-refractivity contribution in [2.24, 2.45) is 0 Å². The van der Waals surface area contributed by atoms with Crippen molar-refractivity contribution in [2.45, 2.75) is 160 Å². The molecule has 0 aliphatic carbocycles. The monoisotopic (exact) mass is 752 g/mol. The lowest BCUT2D eigenvalue weighted by Crippen LogP contribution is -2.45. The SMILES string of the molecule is CCCCC/C=C\C/C=C\C/C=C\CC1OC1CCCC(=O)N[C@@H](COP(=O)(O)OCC[N+](C)(C)C)[C@H](O)/C=C/CC/C=C\CCCCCCCC. The number of rotatable bonds is 34. The van der Waals surface area contributed by atoms with Crippen molar-refractivity contribution in [1.82, 2.24) is 5.32 Å². The smallest absolute Gasteiger partial charge is 0.387 e. The van der Waals surface area contributed by atoms with Crippen LogP contribution in [0.15, 0.2) is 60.8 Å². The van der Waals surface area contributed by atoms with Crippen molar-refractivity contribution < 1.29 is 37.6 Å². The van der Waals surface area contributed by atoms with Gasteiger partial charge >= 0.3 is 7.82 Å². The molecule has 0 bridgehead atoms. The molecule has 10 heteroatoms. The number of amides is 1. The number of epoxide rings is 1. The van der Waals surface area contributed by atoms with Crippen molar-refractivity contribution in [1.29, 1.82) is 0 Å². The molecule has 0 saturated carbocycles. The molecule has 1 heterocycles. The summed E-state index contributed by atoms with van der Waals surface area (Å²) in [5.74, 6) is -0.253. The second-order valence-electron chi connectivity index (χ2n) is 15.0. The standard InChI is InChI=1S/C42H75N2O7P/c1-6-8-10-12-14-16-18-20-22-24-26-28-31-39(45)38(37-50-52(47,48)49-36-35-44(3,4)5)43-42(46)34-30-33-41-40(51-41)32-29-27-25-23-21-19-17-15-13-11-9-7-2/h15,17,20-23,27-29,31,38-41,45H,6-14,16,18-19,24-26,30,32-37H2,1-5H3,(H-,43,46,47,48)/p+1/b17-15-,22-20-,23-21-,29-27-,31-28+/t38-,39+,40?,41?/m0/s1. The Labute approximate surface area is 317 Å². The highest BCUT2D eigenvalue weighted by Crippen LogP contribution is 2.43. The van der Waals surface area contributed by atoms with Crippen molar-refractivity contribution >= 4 is 13.7 Å². The van der Waals surface area contributed by atoms with Gasteiger partial charge in [-0.15, -0.1) is 0 Å².